The number of amides is 1. The van der Waals surface area contributed by atoms with Gasteiger partial charge in [-0.1, -0.05) is 23.8 Å². The highest BCUT2D eigenvalue weighted by Gasteiger charge is 2.30. The van der Waals surface area contributed by atoms with E-state index in [1.165, 1.54) is 0 Å². The molecule has 2 aromatic carbocycles. The van der Waals surface area contributed by atoms with E-state index in [9.17, 15) is 4.79 Å². The number of allylic oxidation sites excluding steroid dienone is 1. The predicted molar refractivity (Wildman–Crippen MR) is 118 cm³/mol. The molecule has 3 rings (SSSR count). The van der Waals surface area contributed by atoms with E-state index in [1.54, 1.807) is 14.2 Å². The minimum absolute atomic E-state index is 0.197. The third-order valence-corrected chi connectivity index (χ3v) is 5.10. The Morgan fingerprint density at radius 2 is 1.76 bits per heavy atom. The first-order valence-electron chi connectivity index (χ1n) is 9.23. The Balaban J connectivity index is 1.98. The molecule has 0 saturated carbocycles. The van der Waals surface area contributed by atoms with Crippen LogP contribution in [0.25, 0.3) is 0 Å². The summed E-state index contributed by atoms with van der Waals surface area (Å²) < 4.78 is 10.7. The molecule has 1 unspecified atom stereocenters. The largest absolute Gasteiger partial charge is 0.493 e. The third kappa shape index (κ3) is 4.35. The molecule has 7 heteroatoms. The summed E-state index contributed by atoms with van der Waals surface area (Å²) in [7, 11) is 3.17. The maximum absolute atomic E-state index is 13.2. The SMILES string of the molecule is COc1ccc(C2NC(=S)NC(C)=C2C(=O)Nc2ccc(C)cc2C)cc1OC. The summed E-state index contributed by atoms with van der Waals surface area (Å²) in [5.74, 6) is 1.01. The van der Waals surface area contributed by atoms with Crippen molar-refractivity contribution >= 4 is 28.9 Å². The Morgan fingerprint density at radius 1 is 1.03 bits per heavy atom. The number of hydrogen-bond donors (Lipinski definition) is 3. The van der Waals surface area contributed by atoms with Gasteiger partial charge in [0.1, 0.15) is 0 Å². The number of ether oxygens (including phenoxy) is 2. The molecular weight excluding hydrogens is 386 g/mol. The van der Waals surface area contributed by atoms with E-state index in [0.29, 0.717) is 27.9 Å². The average Bonchev–Trinajstić information content (AvgIpc) is 2.68. The van der Waals surface area contributed by atoms with Crippen LogP contribution in [0.2, 0.25) is 0 Å². The quantitative estimate of drug-likeness (QED) is 0.651. The molecule has 1 aliphatic heterocycles. The lowest BCUT2D eigenvalue weighted by Gasteiger charge is -2.30. The smallest absolute Gasteiger partial charge is 0.255 e. The summed E-state index contributed by atoms with van der Waals surface area (Å²) in [4.78, 5) is 13.2. The lowest BCUT2D eigenvalue weighted by atomic mass is 9.94. The van der Waals surface area contributed by atoms with Crippen molar-refractivity contribution < 1.29 is 14.3 Å². The van der Waals surface area contributed by atoms with Gasteiger partial charge in [-0.2, -0.15) is 0 Å². The van der Waals surface area contributed by atoms with Gasteiger partial charge in [-0.15, -0.1) is 0 Å². The summed E-state index contributed by atoms with van der Waals surface area (Å²) >= 11 is 5.33. The molecule has 3 N–H and O–H groups in total. The fourth-order valence-corrected chi connectivity index (χ4v) is 3.69. The Kier molecular flexibility index (Phi) is 6.08. The highest BCUT2D eigenvalue weighted by Crippen LogP contribution is 2.34. The van der Waals surface area contributed by atoms with Gasteiger partial charge in [0, 0.05) is 11.4 Å². The van der Waals surface area contributed by atoms with Gasteiger partial charge in [0.2, 0.25) is 0 Å². The molecule has 6 nitrogen and oxygen atoms in total. The minimum atomic E-state index is -0.422. The zero-order valence-corrected chi connectivity index (χ0v) is 18.0. The van der Waals surface area contributed by atoms with E-state index in [-0.39, 0.29) is 5.91 Å². The van der Waals surface area contributed by atoms with Crippen molar-refractivity contribution in [2.24, 2.45) is 0 Å². The fourth-order valence-electron chi connectivity index (χ4n) is 3.42. The molecule has 1 amide bonds. The predicted octanol–water partition coefficient (Wildman–Crippen LogP) is 3.75. The third-order valence-electron chi connectivity index (χ3n) is 4.88. The number of benzene rings is 2. The van der Waals surface area contributed by atoms with Gasteiger partial charge >= 0.3 is 0 Å². The van der Waals surface area contributed by atoms with E-state index in [4.69, 9.17) is 21.7 Å². The van der Waals surface area contributed by atoms with Crippen LogP contribution < -0.4 is 25.4 Å². The molecule has 1 heterocycles. The number of thiocarbonyl (C=S) groups is 1. The van der Waals surface area contributed by atoms with Gasteiger partial charge in [0.25, 0.3) is 5.91 Å². The lowest BCUT2D eigenvalue weighted by molar-refractivity contribution is -0.113. The standard InChI is InChI=1S/C22H25N3O3S/c1-12-6-8-16(13(2)10-12)24-21(26)19-14(3)23-22(29)25-20(19)15-7-9-17(27-4)18(11-15)28-5/h6-11,20H,1-5H3,(H,24,26)(H2,23,25,29). The molecule has 0 fully saturated rings. The Hall–Kier alpha value is -3.06. The van der Waals surface area contributed by atoms with E-state index >= 15 is 0 Å². The van der Waals surface area contributed by atoms with Crippen molar-refractivity contribution in [3.05, 3.63) is 64.4 Å². The topological polar surface area (TPSA) is 71.6 Å². The zero-order chi connectivity index (χ0) is 21.1. The maximum Gasteiger partial charge on any atom is 0.255 e. The molecule has 29 heavy (non-hydrogen) atoms. The van der Waals surface area contributed by atoms with Crippen molar-refractivity contribution in [2.75, 3.05) is 19.5 Å². The highest BCUT2D eigenvalue weighted by atomic mass is 32.1. The fraction of sp³-hybridized carbons (Fsp3) is 0.273. The Bertz CT molecular complexity index is 1000. The van der Waals surface area contributed by atoms with Crippen LogP contribution in [0.1, 0.15) is 29.7 Å². The molecular formula is C22H25N3O3S. The second-order valence-electron chi connectivity index (χ2n) is 6.96. The van der Waals surface area contributed by atoms with Crippen molar-refractivity contribution in [3.63, 3.8) is 0 Å². The summed E-state index contributed by atoms with van der Waals surface area (Å²) in [6, 6.07) is 11.1. The van der Waals surface area contributed by atoms with E-state index < -0.39 is 6.04 Å². The molecule has 2 aromatic rings. The molecule has 1 atom stereocenters. The lowest BCUT2D eigenvalue weighted by Crippen LogP contribution is -2.45. The van der Waals surface area contributed by atoms with Gasteiger partial charge in [-0.3, -0.25) is 4.79 Å². The van der Waals surface area contributed by atoms with Gasteiger partial charge in [0.05, 0.1) is 25.8 Å². The number of hydrogen-bond acceptors (Lipinski definition) is 4. The van der Waals surface area contributed by atoms with Gasteiger partial charge < -0.3 is 25.4 Å². The van der Waals surface area contributed by atoms with Crippen LogP contribution >= 0.6 is 12.2 Å². The monoisotopic (exact) mass is 411 g/mol. The van der Waals surface area contributed by atoms with Gasteiger partial charge in [0.15, 0.2) is 16.6 Å². The van der Waals surface area contributed by atoms with Crippen LogP contribution in [0, 0.1) is 13.8 Å². The van der Waals surface area contributed by atoms with Crippen molar-refractivity contribution in [2.45, 2.75) is 26.8 Å². The number of methoxy groups -OCH3 is 2. The van der Waals surface area contributed by atoms with Crippen LogP contribution in [0.4, 0.5) is 5.69 Å². The number of carbonyl (C=O) groups is 1. The van der Waals surface area contributed by atoms with E-state index in [1.807, 2.05) is 57.2 Å². The second kappa shape index (κ2) is 8.53. The van der Waals surface area contributed by atoms with Crippen molar-refractivity contribution in [3.8, 4) is 11.5 Å². The molecule has 0 spiro atoms. The highest BCUT2D eigenvalue weighted by molar-refractivity contribution is 7.80. The summed E-state index contributed by atoms with van der Waals surface area (Å²) in [5, 5.41) is 9.74. The number of rotatable bonds is 5. The van der Waals surface area contributed by atoms with Crippen LogP contribution in [0.5, 0.6) is 11.5 Å². The molecule has 0 saturated heterocycles. The van der Waals surface area contributed by atoms with Crippen molar-refractivity contribution in [1.82, 2.24) is 10.6 Å². The van der Waals surface area contributed by atoms with Crippen LogP contribution in [0.3, 0.4) is 0 Å². The normalized spacial score (nSPS) is 16.0. The number of anilines is 1. The van der Waals surface area contributed by atoms with E-state index in [0.717, 1.165) is 22.4 Å². The number of carbonyl (C=O) groups excluding carboxylic acids is 1. The molecule has 0 radical (unpaired) electrons. The minimum Gasteiger partial charge on any atom is -0.493 e. The van der Waals surface area contributed by atoms with Crippen molar-refractivity contribution in [1.29, 1.82) is 0 Å². The zero-order valence-electron chi connectivity index (χ0n) is 17.2. The Labute approximate surface area is 176 Å². The molecule has 152 valence electrons. The number of aryl methyl sites for hydroxylation is 2. The van der Waals surface area contributed by atoms with Gasteiger partial charge in [-0.25, -0.2) is 0 Å². The molecule has 0 aromatic heterocycles. The second-order valence-corrected chi connectivity index (χ2v) is 7.37. The first-order valence-corrected chi connectivity index (χ1v) is 9.63. The maximum atomic E-state index is 13.2. The van der Waals surface area contributed by atoms with Crippen LogP contribution in [-0.2, 0) is 4.79 Å². The molecule has 0 aliphatic carbocycles. The van der Waals surface area contributed by atoms with Crippen LogP contribution in [-0.4, -0.2) is 25.2 Å². The summed E-state index contributed by atoms with van der Waals surface area (Å²) in [6.45, 7) is 5.84. The average molecular weight is 412 g/mol. The summed E-state index contributed by atoms with van der Waals surface area (Å²) in [6.07, 6.45) is 0. The molecule has 1 aliphatic rings. The summed E-state index contributed by atoms with van der Waals surface area (Å²) in [5.41, 5.74) is 5.04. The van der Waals surface area contributed by atoms with Crippen LogP contribution in [0.15, 0.2) is 47.7 Å². The Morgan fingerprint density at radius 3 is 2.41 bits per heavy atom. The van der Waals surface area contributed by atoms with Gasteiger partial charge in [-0.05, 0) is 62.3 Å². The van der Waals surface area contributed by atoms with E-state index in [2.05, 4.69) is 16.0 Å². The first kappa shape index (κ1) is 20.7. The molecule has 0 bridgehead atoms. The number of nitrogens with one attached hydrogen (secondary N) is 3. The first-order chi connectivity index (χ1) is 13.8.